The number of hydrogen-bond acceptors (Lipinski definition) is 6. The van der Waals surface area contributed by atoms with Gasteiger partial charge in [0, 0.05) is 29.9 Å². The molecule has 1 fully saturated rings. The lowest BCUT2D eigenvalue weighted by atomic mass is 9.79. The van der Waals surface area contributed by atoms with Crippen LogP contribution in [-0.4, -0.2) is 51.7 Å². The molecule has 1 saturated heterocycles. The first kappa shape index (κ1) is 28.4. The maximum Gasteiger partial charge on any atom is 0.227 e. The molecule has 0 radical (unpaired) electrons. The molecule has 40 heavy (non-hydrogen) atoms. The van der Waals surface area contributed by atoms with Crippen molar-refractivity contribution < 1.29 is 19.5 Å². The molecule has 0 bridgehead atoms. The van der Waals surface area contributed by atoms with Gasteiger partial charge in [0.2, 0.25) is 5.91 Å². The topological polar surface area (TPSA) is 87.6 Å². The molecule has 7 heteroatoms. The highest BCUT2D eigenvalue weighted by Gasteiger charge is 2.50. The van der Waals surface area contributed by atoms with Crippen molar-refractivity contribution in [1.82, 2.24) is 9.88 Å². The highest BCUT2D eigenvalue weighted by molar-refractivity contribution is 7.13. The fourth-order valence-electron chi connectivity index (χ4n) is 6.50. The van der Waals surface area contributed by atoms with Gasteiger partial charge in [-0.25, -0.2) is 4.98 Å². The van der Waals surface area contributed by atoms with Crippen LogP contribution >= 0.6 is 11.3 Å². The average molecular weight is 559 g/mol. The van der Waals surface area contributed by atoms with Crippen LogP contribution in [0.5, 0.6) is 0 Å². The Hall–Kier alpha value is -3.16. The van der Waals surface area contributed by atoms with E-state index in [-0.39, 0.29) is 30.0 Å². The summed E-state index contributed by atoms with van der Waals surface area (Å²) in [7, 11) is 0. The van der Waals surface area contributed by atoms with Gasteiger partial charge in [0.05, 0.1) is 34.6 Å². The summed E-state index contributed by atoms with van der Waals surface area (Å²) in [5, 5.41) is 10.2. The Bertz CT molecular complexity index is 1410. The first-order valence-electron chi connectivity index (χ1n) is 14.2. The maximum absolute atomic E-state index is 14.2. The van der Waals surface area contributed by atoms with Gasteiger partial charge in [0.15, 0.2) is 11.6 Å². The molecule has 1 aliphatic carbocycles. The number of fused-ring (bicyclic) bond motifs is 1. The van der Waals surface area contributed by atoms with Crippen molar-refractivity contribution in [2.24, 2.45) is 23.2 Å². The second-order valence-electron chi connectivity index (χ2n) is 12.2. The minimum absolute atomic E-state index is 0.0106. The van der Waals surface area contributed by atoms with E-state index in [1.807, 2.05) is 57.5 Å². The van der Waals surface area contributed by atoms with Gasteiger partial charge in [0.25, 0.3) is 0 Å². The molecule has 6 nitrogen and oxygen atoms in total. The van der Waals surface area contributed by atoms with E-state index >= 15 is 0 Å². The Morgan fingerprint density at radius 2 is 1.88 bits per heavy atom. The van der Waals surface area contributed by atoms with Gasteiger partial charge in [0.1, 0.15) is 0 Å². The number of Topliss-reactive ketones (excluding diaryl/α,β-unsaturated/α-hetero) is 2. The number of aliphatic hydroxyl groups excluding tert-OH is 1. The number of benzene rings is 2. The van der Waals surface area contributed by atoms with Crippen molar-refractivity contribution >= 4 is 28.8 Å². The average Bonchev–Trinajstić information content (AvgIpc) is 3.63. The molecule has 0 spiro atoms. The highest BCUT2D eigenvalue weighted by atomic mass is 32.1. The number of ketones is 2. The lowest BCUT2D eigenvalue weighted by Crippen LogP contribution is -2.48. The van der Waals surface area contributed by atoms with Gasteiger partial charge in [-0.2, -0.15) is 0 Å². The summed E-state index contributed by atoms with van der Waals surface area (Å²) in [6.07, 6.45) is 1.87. The van der Waals surface area contributed by atoms with Gasteiger partial charge in [-0.1, -0.05) is 69.3 Å². The Morgan fingerprint density at radius 3 is 2.50 bits per heavy atom. The lowest BCUT2D eigenvalue weighted by molar-refractivity contribution is -0.143. The SMILES string of the molecule is Cc1ncsc1-c1ccc(CCC(=O)[C@@H]2C[C@@](C)(CO)CN2C(=O)[C@H](C(C)C)C2Cc3ccccc3C2=O)cc1. The van der Waals surface area contributed by atoms with Crippen LogP contribution in [-0.2, 0) is 22.4 Å². The number of aliphatic hydroxyl groups is 1. The molecule has 0 saturated carbocycles. The fourth-order valence-corrected chi connectivity index (χ4v) is 7.32. The van der Waals surface area contributed by atoms with E-state index < -0.39 is 23.3 Å². The number of likely N-dealkylation sites (tertiary alicyclic amines) is 1. The molecule has 4 atom stereocenters. The lowest BCUT2D eigenvalue weighted by Gasteiger charge is -2.33. The molecule has 2 aliphatic rings. The quantitative estimate of drug-likeness (QED) is 0.372. The monoisotopic (exact) mass is 558 g/mol. The minimum Gasteiger partial charge on any atom is -0.396 e. The number of aryl methyl sites for hydroxylation is 2. The van der Waals surface area contributed by atoms with Gasteiger partial charge in [-0.3, -0.25) is 14.4 Å². The van der Waals surface area contributed by atoms with Crippen molar-refractivity contribution in [2.45, 2.75) is 59.4 Å². The van der Waals surface area contributed by atoms with Crippen molar-refractivity contribution in [3.8, 4) is 10.4 Å². The van der Waals surface area contributed by atoms with Gasteiger partial charge < -0.3 is 10.0 Å². The van der Waals surface area contributed by atoms with Gasteiger partial charge in [-0.15, -0.1) is 11.3 Å². The van der Waals surface area contributed by atoms with E-state index in [1.54, 1.807) is 16.2 Å². The standard InChI is InChI=1S/C33H38N2O4S/c1-20(2)29(26-15-24-7-5-6-8-25(24)30(26)38)32(39)35-17-33(4,18-36)16-27(35)28(37)14-11-22-9-12-23(13-10-22)31-21(3)34-19-40-31/h5-10,12-13,19-20,26-27,29,36H,11,14-18H2,1-4H3/t26?,27-,29+,33+/m0/s1. The zero-order valence-electron chi connectivity index (χ0n) is 23.7. The van der Waals surface area contributed by atoms with E-state index in [0.29, 0.717) is 37.8 Å². The second kappa shape index (κ2) is 11.4. The molecule has 1 aromatic heterocycles. The molecule has 210 valence electrons. The van der Waals surface area contributed by atoms with Crippen LogP contribution in [0, 0.1) is 30.1 Å². The number of nitrogens with zero attached hydrogens (tertiary/aromatic N) is 2. The van der Waals surface area contributed by atoms with E-state index in [1.165, 1.54) is 0 Å². The molecule has 5 rings (SSSR count). The van der Waals surface area contributed by atoms with Gasteiger partial charge >= 0.3 is 0 Å². The summed E-state index contributed by atoms with van der Waals surface area (Å²) in [4.78, 5) is 48.3. The molecular weight excluding hydrogens is 520 g/mol. The zero-order valence-corrected chi connectivity index (χ0v) is 24.5. The smallest absolute Gasteiger partial charge is 0.227 e. The first-order chi connectivity index (χ1) is 19.1. The number of aromatic nitrogens is 1. The number of thiazole rings is 1. The summed E-state index contributed by atoms with van der Waals surface area (Å²) in [6.45, 7) is 8.11. The van der Waals surface area contributed by atoms with Crippen LogP contribution in [0.15, 0.2) is 54.0 Å². The van der Waals surface area contributed by atoms with Crippen LogP contribution in [0.3, 0.4) is 0 Å². The van der Waals surface area contributed by atoms with Crippen molar-refractivity contribution in [3.05, 3.63) is 76.4 Å². The third-order valence-corrected chi connectivity index (χ3v) is 9.75. The Kier molecular flexibility index (Phi) is 8.07. The molecular formula is C33H38N2O4S. The predicted octanol–water partition coefficient (Wildman–Crippen LogP) is 5.55. The third-order valence-electron chi connectivity index (χ3n) is 8.77. The summed E-state index contributed by atoms with van der Waals surface area (Å²) >= 11 is 1.61. The number of hydrogen-bond donors (Lipinski definition) is 1. The third kappa shape index (κ3) is 5.41. The zero-order chi connectivity index (χ0) is 28.6. The minimum atomic E-state index is -0.594. The number of rotatable bonds is 9. The van der Waals surface area contributed by atoms with E-state index in [2.05, 4.69) is 29.2 Å². The molecule has 2 aromatic carbocycles. The van der Waals surface area contributed by atoms with Crippen LogP contribution in [0.25, 0.3) is 10.4 Å². The maximum atomic E-state index is 14.2. The van der Waals surface area contributed by atoms with Crippen LogP contribution < -0.4 is 0 Å². The fraction of sp³-hybridized carbons (Fsp3) is 0.455. The van der Waals surface area contributed by atoms with E-state index in [9.17, 15) is 19.5 Å². The van der Waals surface area contributed by atoms with Crippen LogP contribution in [0.2, 0.25) is 0 Å². The summed E-state index contributed by atoms with van der Waals surface area (Å²) < 4.78 is 0. The number of carbonyl (C=O) groups excluding carboxylic acids is 3. The summed E-state index contributed by atoms with van der Waals surface area (Å²) in [5.41, 5.74) is 6.18. The van der Waals surface area contributed by atoms with E-state index in [0.717, 1.165) is 27.3 Å². The van der Waals surface area contributed by atoms with Crippen LogP contribution in [0.1, 0.15) is 60.8 Å². The Labute approximate surface area is 240 Å². The highest BCUT2D eigenvalue weighted by Crippen LogP contribution is 2.41. The normalized spacial score (nSPS) is 23.1. The van der Waals surface area contributed by atoms with E-state index in [4.69, 9.17) is 0 Å². The summed E-state index contributed by atoms with van der Waals surface area (Å²) in [5.74, 6) is -1.11. The molecule has 1 amide bonds. The Morgan fingerprint density at radius 1 is 1.15 bits per heavy atom. The molecule has 1 aliphatic heterocycles. The number of carbonyl (C=O) groups is 3. The van der Waals surface area contributed by atoms with Crippen LogP contribution in [0.4, 0.5) is 0 Å². The predicted molar refractivity (Wildman–Crippen MR) is 157 cm³/mol. The molecule has 1 N–H and O–H groups in total. The number of amides is 1. The van der Waals surface area contributed by atoms with Crippen molar-refractivity contribution in [3.63, 3.8) is 0 Å². The second-order valence-corrected chi connectivity index (χ2v) is 13.0. The van der Waals surface area contributed by atoms with Crippen molar-refractivity contribution in [1.29, 1.82) is 0 Å². The molecule has 2 heterocycles. The summed E-state index contributed by atoms with van der Waals surface area (Å²) in [6, 6.07) is 15.2. The first-order valence-corrected chi connectivity index (χ1v) is 15.1. The van der Waals surface area contributed by atoms with Gasteiger partial charge in [-0.05, 0) is 48.8 Å². The molecule has 1 unspecified atom stereocenters. The van der Waals surface area contributed by atoms with Crippen molar-refractivity contribution in [2.75, 3.05) is 13.2 Å². The molecule has 3 aromatic rings. The Balaban J connectivity index is 1.32. The largest absolute Gasteiger partial charge is 0.396 e.